The van der Waals surface area contributed by atoms with Crippen molar-refractivity contribution in [2.45, 2.75) is 12.5 Å². The van der Waals surface area contributed by atoms with Crippen molar-refractivity contribution in [1.29, 1.82) is 0 Å². The zero-order chi connectivity index (χ0) is 20.3. The number of nitrogens with one attached hydrogen (secondary N) is 2. The van der Waals surface area contributed by atoms with Gasteiger partial charge in [0.2, 0.25) is 0 Å². The molecule has 0 saturated carbocycles. The number of rotatable bonds is 6. The van der Waals surface area contributed by atoms with E-state index in [0.29, 0.717) is 10.7 Å². The normalized spacial score (nSPS) is 11.8. The van der Waals surface area contributed by atoms with Crippen LogP contribution in [0.3, 0.4) is 0 Å². The van der Waals surface area contributed by atoms with Crippen LogP contribution in [0.2, 0.25) is 5.02 Å². The van der Waals surface area contributed by atoms with Crippen molar-refractivity contribution in [2.24, 2.45) is 0 Å². The molecule has 0 aliphatic carbocycles. The Bertz CT molecular complexity index is 1090. The molecule has 3 aromatic rings. The minimum atomic E-state index is -1.21. The first-order valence-electron chi connectivity index (χ1n) is 8.20. The lowest BCUT2D eigenvalue weighted by Gasteiger charge is -2.17. The van der Waals surface area contributed by atoms with Gasteiger partial charge in [0.15, 0.2) is 0 Å². The molecule has 3 N–H and O–H groups in total. The summed E-state index contributed by atoms with van der Waals surface area (Å²) in [6.45, 7) is 0. The summed E-state index contributed by atoms with van der Waals surface area (Å²) in [7, 11) is 0. The van der Waals surface area contributed by atoms with Gasteiger partial charge in [-0.2, -0.15) is 0 Å². The van der Waals surface area contributed by atoms with Crippen LogP contribution >= 0.6 is 11.6 Å². The molecule has 1 aromatic heterocycles. The van der Waals surface area contributed by atoms with E-state index in [9.17, 15) is 18.8 Å². The number of aromatic nitrogens is 2. The second kappa shape index (κ2) is 8.10. The number of carboxylic acid groups (broad SMARTS) is 1. The van der Waals surface area contributed by atoms with Crippen molar-refractivity contribution in [2.75, 3.05) is 0 Å². The quantitative estimate of drug-likeness (QED) is 0.588. The number of amides is 1. The molecule has 28 heavy (non-hydrogen) atoms. The molecule has 0 aliphatic heterocycles. The van der Waals surface area contributed by atoms with Crippen molar-refractivity contribution in [3.63, 3.8) is 0 Å². The minimum Gasteiger partial charge on any atom is -0.481 e. The Morgan fingerprint density at radius 1 is 1.18 bits per heavy atom. The molecule has 144 valence electrons. The Balaban J connectivity index is 1.89. The zero-order valence-corrected chi connectivity index (χ0v) is 15.1. The predicted octanol–water partition coefficient (Wildman–Crippen LogP) is 2.90. The monoisotopic (exact) mass is 403 g/mol. The largest absolute Gasteiger partial charge is 0.481 e. The summed E-state index contributed by atoms with van der Waals surface area (Å²) in [4.78, 5) is 35.9. The number of nitrogens with zero attached hydrogens (tertiary/aromatic N) is 1. The SMILES string of the molecule is O=C(O)C[C@H](NC(=O)c1cc(=O)n(-c2cccc(Cl)c2)[nH]1)c1ccccc1F. The third kappa shape index (κ3) is 4.29. The van der Waals surface area contributed by atoms with Gasteiger partial charge in [-0.25, -0.2) is 9.07 Å². The van der Waals surface area contributed by atoms with E-state index in [1.165, 1.54) is 30.3 Å². The Kier molecular flexibility index (Phi) is 5.60. The molecule has 0 spiro atoms. The summed E-state index contributed by atoms with van der Waals surface area (Å²) < 4.78 is 15.2. The number of H-pyrrole nitrogens is 1. The predicted molar refractivity (Wildman–Crippen MR) is 100 cm³/mol. The number of aromatic amines is 1. The molecule has 7 nitrogen and oxygen atoms in total. The van der Waals surface area contributed by atoms with Gasteiger partial charge in [-0.1, -0.05) is 35.9 Å². The molecule has 0 radical (unpaired) electrons. The molecule has 1 amide bonds. The molecule has 2 aromatic carbocycles. The molecule has 0 aliphatic rings. The summed E-state index contributed by atoms with van der Waals surface area (Å²) in [5, 5.41) is 14.6. The van der Waals surface area contributed by atoms with Crippen LogP contribution < -0.4 is 10.9 Å². The minimum absolute atomic E-state index is 0.0369. The molecular formula is C19H15ClFN3O4. The van der Waals surface area contributed by atoms with E-state index in [0.717, 1.165) is 10.7 Å². The molecule has 0 bridgehead atoms. The van der Waals surface area contributed by atoms with Gasteiger partial charge in [0.05, 0.1) is 18.2 Å². The van der Waals surface area contributed by atoms with Crippen LogP contribution in [0.15, 0.2) is 59.4 Å². The lowest BCUT2D eigenvalue weighted by atomic mass is 10.0. The smallest absolute Gasteiger partial charge is 0.305 e. The number of carboxylic acids is 1. The van der Waals surface area contributed by atoms with Crippen LogP contribution in [-0.2, 0) is 4.79 Å². The first-order valence-corrected chi connectivity index (χ1v) is 8.58. The lowest BCUT2D eigenvalue weighted by molar-refractivity contribution is -0.137. The number of carbonyl (C=O) groups is 2. The van der Waals surface area contributed by atoms with E-state index in [1.54, 1.807) is 18.2 Å². The number of hydrogen-bond donors (Lipinski definition) is 3. The molecule has 3 rings (SSSR count). The van der Waals surface area contributed by atoms with Gasteiger partial charge < -0.3 is 10.4 Å². The number of benzene rings is 2. The fourth-order valence-corrected chi connectivity index (χ4v) is 2.91. The van der Waals surface area contributed by atoms with E-state index in [4.69, 9.17) is 16.7 Å². The van der Waals surface area contributed by atoms with Crippen LogP contribution in [0.1, 0.15) is 28.5 Å². The second-order valence-corrected chi connectivity index (χ2v) is 6.41. The van der Waals surface area contributed by atoms with Crippen LogP contribution in [0.25, 0.3) is 5.69 Å². The van der Waals surface area contributed by atoms with Crippen molar-refractivity contribution in [3.8, 4) is 5.69 Å². The standard InChI is InChI=1S/C19H15ClFN3O4/c20-11-4-3-5-12(8-11)24-17(25)9-16(23-24)19(28)22-15(10-18(26)27)13-6-1-2-7-14(13)21/h1-9,15,23H,10H2,(H,22,28)(H,26,27)/t15-/m0/s1. The molecule has 0 unspecified atom stereocenters. The average Bonchev–Trinajstić information content (AvgIpc) is 3.03. The highest BCUT2D eigenvalue weighted by Gasteiger charge is 2.23. The fraction of sp³-hybridized carbons (Fsp3) is 0.105. The molecule has 1 heterocycles. The number of hydrogen-bond acceptors (Lipinski definition) is 3. The van der Waals surface area contributed by atoms with E-state index in [-0.39, 0.29) is 11.3 Å². The molecule has 0 fully saturated rings. The van der Waals surface area contributed by atoms with E-state index in [2.05, 4.69) is 10.4 Å². The maximum atomic E-state index is 14.1. The summed E-state index contributed by atoms with van der Waals surface area (Å²) >= 11 is 5.92. The van der Waals surface area contributed by atoms with E-state index < -0.39 is 35.7 Å². The molecular weight excluding hydrogens is 389 g/mol. The first kappa shape index (κ1) is 19.4. The molecule has 0 saturated heterocycles. The first-order chi connectivity index (χ1) is 13.3. The maximum Gasteiger partial charge on any atom is 0.305 e. The number of aliphatic carboxylic acids is 1. The summed E-state index contributed by atoms with van der Waals surface area (Å²) in [6, 6.07) is 12.0. The van der Waals surface area contributed by atoms with Crippen LogP contribution in [0.5, 0.6) is 0 Å². The third-order valence-corrected chi connectivity index (χ3v) is 4.23. The summed E-state index contributed by atoms with van der Waals surface area (Å²) in [5.41, 5.74) is -0.146. The Labute approximate surface area is 163 Å². The maximum absolute atomic E-state index is 14.1. The van der Waals surface area contributed by atoms with Crippen LogP contribution in [-0.4, -0.2) is 26.8 Å². The lowest BCUT2D eigenvalue weighted by Crippen LogP contribution is -2.31. The van der Waals surface area contributed by atoms with Crippen LogP contribution in [0, 0.1) is 5.82 Å². The van der Waals surface area contributed by atoms with Crippen molar-refractivity contribution in [3.05, 3.63) is 87.0 Å². The summed E-state index contributed by atoms with van der Waals surface area (Å²) in [5.74, 6) is -2.59. The van der Waals surface area contributed by atoms with Gasteiger partial charge in [-0.3, -0.25) is 19.5 Å². The van der Waals surface area contributed by atoms with Gasteiger partial charge in [0.1, 0.15) is 11.5 Å². The highest BCUT2D eigenvalue weighted by molar-refractivity contribution is 6.30. The van der Waals surface area contributed by atoms with E-state index >= 15 is 0 Å². The van der Waals surface area contributed by atoms with Crippen molar-refractivity contribution < 1.29 is 19.1 Å². The molecule has 1 atom stereocenters. The zero-order valence-electron chi connectivity index (χ0n) is 14.4. The topological polar surface area (TPSA) is 104 Å². The molecule has 9 heteroatoms. The fourth-order valence-electron chi connectivity index (χ4n) is 2.73. The van der Waals surface area contributed by atoms with Gasteiger partial charge >= 0.3 is 5.97 Å². The Morgan fingerprint density at radius 2 is 1.93 bits per heavy atom. The van der Waals surface area contributed by atoms with Gasteiger partial charge in [-0.05, 0) is 24.3 Å². The number of halogens is 2. The van der Waals surface area contributed by atoms with E-state index in [1.807, 2.05) is 0 Å². The second-order valence-electron chi connectivity index (χ2n) is 5.97. The van der Waals surface area contributed by atoms with Gasteiger partial charge in [0, 0.05) is 16.7 Å². The third-order valence-electron chi connectivity index (χ3n) is 4.00. The highest BCUT2D eigenvalue weighted by Crippen LogP contribution is 2.21. The van der Waals surface area contributed by atoms with Crippen molar-refractivity contribution >= 4 is 23.5 Å². The highest BCUT2D eigenvalue weighted by atomic mass is 35.5. The van der Waals surface area contributed by atoms with Crippen molar-refractivity contribution in [1.82, 2.24) is 15.1 Å². The number of carbonyl (C=O) groups excluding carboxylic acids is 1. The van der Waals surface area contributed by atoms with Gasteiger partial charge in [-0.15, -0.1) is 0 Å². The summed E-state index contributed by atoms with van der Waals surface area (Å²) in [6.07, 6.45) is -0.522. The average molecular weight is 404 g/mol. The van der Waals surface area contributed by atoms with Crippen LogP contribution in [0.4, 0.5) is 4.39 Å². The van der Waals surface area contributed by atoms with Gasteiger partial charge in [0.25, 0.3) is 11.5 Å². The Morgan fingerprint density at radius 3 is 2.61 bits per heavy atom. The Hall–Kier alpha value is -3.39.